The SMILES string of the molecule is CO[C@H]1C[C@H](c2nc(C)no2)N(Cc2cccc3[nH]ccc23)C1. The summed E-state index contributed by atoms with van der Waals surface area (Å²) < 4.78 is 11.0. The molecule has 6 nitrogen and oxygen atoms in total. The Morgan fingerprint density at radius 2 is 2.30 bits per heavy atom. The largest absolute Gasteiger partial charge is 0.380 e. The van der Waals surface area contributed by atoms with Crippen LogP contribution >= 0.6 is 0 Å². The van der Waals surface area contributed by atoms with E-state index < -0.39 is 0 Å². The highest BCUT2D eigenvalue weighted by Gasteiger charge is 2.36. The predicted octanol–water partition coefficient (Wildman–Crippen LogP) is 2.82. The molecule has 0 spiro atoms. The van der Waals surface area contributed by atoms with E-state index in [0.717, 1.165) is 25.0 Å². The lowest BCUT2D eigenvalue weighted by atomic mass is 10.1. The molecule has 120 valence electrons. The van der Waals surface area contributed by atoms with Gasteiger partial charge in [-0.25, -0.2) is 0 Å². The summed E-state index contributed by atoms with van der Waals surface area (Å²) in [5, 5.41) is 5.19. The number of fused-ring (bicyclic) bond motifs is 1. The Hall–Kier alpha value is -2.18. The van der Waals surface area contributed by atoms with Crippen molar-refractivity contribution >= 4 is 10.9 Å². The van der Waals surface area contributed by atoms with E-state index in [-0.39, 0.29) is 12.1 Å². The van der Waals surface area contributed by atoms with Crippen molar-refractivity contribution in [2.45, 2.75) is 32.0 Å². The molecule has 1 saturated heterocycles. The maximum atomic E-state index is 5.57. The number of methoxy groups -OCH3 is 1. The van der Waals surface area contributed by atoms with Crippen molar-refractivity contribution in [2.75, 3.05) is 13.7 Å². The van der Waals surface area contributed by atoms with Crippen molar-refractivity contribution in [2.24, 2.45) is 0 Å². The van der Waals surface area contributed by atoms with Gasteiger partial charge in [-0.1, -0.05) is 17.3 Å². The van der Waals surface area contributed by atoms with E-state index in [4.69, 9.17) is 9.26 Å². The van der Waals surface area contributed by atoms with E-state index in [9.17, 15) is 0 Å². The lowest BCUT2D eigenvalue weighted by Gasteiger charge is -2.21. The van der Waals surface area contributed by atoms with Crippen molar-refractivity contribution in [1.82, 2.24) is 20.0 Å². The molecule has 1 aliphatic heterocycles. The average molecular weight is 312 g/mol. The lowest BCUT2D eigenvalue weighted by Crippen LogP contribution is -2.25. The van der Waals surface area contributed by atoms with Gasteiger partial charge in [0, 0.05) is 37.3 Å². The predicted molar refractivity (Wildman–Crippen MR) is 85.9 cm³/mol. The molecule has 23 heavy (non-hydrogen) atoms. The summed E-state index contributed by atoms with van der Waals surface area (Å²) in [5.41, 5.74) is 2.46. The molecule has 2 aromatic heterocycles. The molecule has 1 aliphatic rings. The van der Waals surface area contributed by atoms with E-state index in [2.05, 4.69) is 44.3 Å². The highest BCUT2D eigenvalue weighted by molar-refractivity contribution is 5.82. The van der Waals surface area contributed by atoms with Gasteiger partial charge in [0.2, 0.25) is 5.89 Å². The number of rotatable bonds is 4. The van der Waals surface area contributed by atoms with Crippen LogP contribution in [0.1, 0.15) is 29.7 Å². The van der Waals surface area contributed by atoms with E-state index in [1.807, 2.05) is 13.1 Å². The highest BCUT2D eigenvalue weighted by Crippen LogP contribution is 2.34. The van der Waals surface area contributed by atoms with E-state index in [1.54, 1.807) is 7.11 Å². The van der Waals surface area contributed by atoms with Crippen LogP contribution in [-0.4, -0.2) is 39.8 Å². The molecular weight excluding hydrogens is 292 g/mol. The fourth-order valence-electron chi connectivity index (χ4n) is 3.42. The quantitative estimate of drug-likeness (QED) is 0.802. The Balaban J connectivity index is 1.64. The molecule has 0 bridgehead atoms. The smallest absolute Gasteiger partial charge is 0.244 e. The Morgan fingerprint density at radius 3 is 3.09 bits per heavy atom. The highest BCUT2D eigenvalue weighted by atomic mass is 16.5. The molecule has 0 radical (unpaired) electrons. The molecule has 1 N–H and O–H groups in total. The molecule has 0 unspecified atom stereocenters. The molecule has 0 amide bonds. The lowest BCUT2D eigenvalue weighted by molar-refractivity contribution is 0.107. The van der Waals surface area contributed by atoms with Crippen molar-refractivity contribution < 1.29 is 9.26 Å². The summed E-state index contributed by atoms with van der Waals surface area (Å²) in [4.78, 5) is 10.1. The Morgan fingerprint density at radius 1 is 1.39 bits per heavy atom. The van der Waals surface area contributed by atoms with Crippen LogP contribution in [0, 0.1) is 6.92 Å². The number of hydrogen-bond donors (Lipinski definition) is 1. The molecule has 2 atom stereocenters. The summed E-state index contributed by atoms with van der Waals surface area (Å²) in [7, 11) is 1.76. The molecule has 1 aromatic carbocycles. The number of aryl methyl sites for hydroxylation is 1. The number of aromatic nitrogens is 3. The summed E-state index contributed by atoms with van der Waals surface area (Å²) in [6, 6.07) is 8.59. The van der Waals surface area contributed by atoms with Gasteiger partial charge in [-0.3, -0.25) is 4.90 Å². The van der Waals surface area contributed by atoms with Crippen LogP contribution in [0.4, 0.5) is 0 Å². The Bertz CT molecular complexity index is 810. The Kier molecular flexibility index (Phi) is 3.63. The van der Waals surface area contributed by atoms with Crippen molar-refractivity contribution in [3.05, 3.63) is 47.7 Å². The first kappa shape index (κ1) is 14.4. The standard InChI is InChI=1S/C17H20N4O2/c1-11-19-17(23-20-11)16-8-13(22-2)10-21(16)9-12-4-3-5-15-14(12)6-7-18-15/h3-7,13,16,18H,8-10H2,1-2H3/t13-,16+/m0/s1. The van der Waals surface area contributed by atoms with Crippen LogP contribution in [0.2, 0.25) is 0 Å². The minimum absolute atomic E-state index is 0.107. The number of H-pyrrole nitrogens is 1. The number of ether oxygens (including phenoxy) is 1. The van der Waals surface area contributed by atoms with Crippen LogP contribution in [0.3, 0.4) is 0 Å². The summed E-state index contributed by atoms with van der Waals surface area (Å²) in [5.74, 6) is 1.36. The first-order valence-electron chi connectivity index (χ1n) is 7.86. The average Bonchev–Trinajstić information content (AvgIpc) is 3.26. The number of aromatic amines is 1. The van der Waals surface area contributed by atoms with Crippen LogP contribution in [0.15, 0.2) is 35.0 Å². The topological polar surface area (TPSA) is 67.2 Å². The van der Waals surface area contributed by atoms with Gasteiger partial charge >= 0.3 is 0 Å². The second-order valence-corrected chi connectivity index (χ2v) is 6.07. The minimum atomic E-state index is 0.107. The first-order chi connectivity index (χ1) is 11.2. The number of nitrogens with zero attached hydrogens (tertiary/aromatic N) is 3. The summed E-state index contributed by atoms with van der Waals surface area (Å²) in [6.45, 7) is 3.55. The summed E-state index contributed by atoms with van der Waals surface area (Å²) >= 11 is 0. The molecule has 1 fully saturated rings. The third-order valence-electron chi connectivity index (χ3n) is 4.59. The molecule has 3 heterocycles. The van der Waals surface area contributed by atoms with Gasteiger partial charge < -0.3 is 14.2 Å². The molecule has 3 aromatic rings. The minimum Gasteiger partial charge on any atom is -0.380 e. The normalized spacial score (nSPS) is 22.2. The van der Waals surface area contributed by atoms with E-state index in [1.165, 1.54) is 10.9 Å². The molecular formula is C17H20N4O2. The van der Waals surface area contributed by atoms with Crippen LogP contribution in [-0.2, 0) is 11.3 Å². The maximum Gasteiger partial charge on any atom is 0.244 e. The van der Waals surface area contributed by atoms with E-state index in [0.29, 0.717) is 11.7 Å². The molecule has 4 rings (SSSR count). The van der Waals surface area contributed by atoms with Gasteiger partial charge in [0.05, 0.1) is 12.1 Å². The maximum absolute atomic E-state index is 5.57. The zero-order valence-corrected chi connectivity index (χ0v) is 13.3. The van der Waals surface area contributed by atoms with E-state index >= 15 is 0 Å². The zero-order chi connectivity index (χ0) is 15.8. The first-order valence-corrected chi connectivity index (χ1v) is 7.86. The number of likely N-dealkylation sites (tertiary alicyclic amines) is 1. The number of hydrogen-bond acceptors (Lipinski definition) is 5. The van der Waals surface area contributed by atoms with Crippen molar-refractivity contribution in [3.63, 3.8) is 0 Å². The van der Waals surface area contributed by atoms with Gasteiger partial charge in [-0.15, -0.1) is 0 Å². The second-order valence-electron chi connectivity index (χ2n) is 6.07. The van der Waals surface area contributed by atoms with Gasteiger partial charge in [0.25, 0.3) is 0 Å². The monoisotopic (exact) mass is 312 g/mol. The van der Waals surface area contributed by atoms with Gasteiger partial charge in [-0.05, 0) is 31.0 Å². The fourth-order valence-corrected chi connectivity index (χ4v) is 3.42. The zero-order valence-electron chi connectivity index (χ0n) is 13.3. The molecule has 6 heteroatoms. The van der Waals surface area contributed by atoms with Crippen molar-refractivity contribution in [3.8, 4) is 0 Å². The Labute approximate surface area is 134 Å². The van der Waals surface area contributed by atoms with Crippen LogP contribution in [0.25, 0.3) is 10.9 Å². The van der Waals surface area contributed by atoms with Crippen LogP contribution < -0.4 is 0 Å². The van der Waals surface area contributed by atoms with Crippen LogP contribution in [0.5, 0.6) is 0 Å². The van der Waals surface area contributed by atoms with Gasteiger partial charge in [0.1, 0.15) is 0 Å². The second kappa shape index (κ2) is 5.79. The molecule has 0 aliphatic carbocycles. The van der Waals surface area contributed by atoms with Gasteiger partial charge in [-0.2, -0.15) is 4.98 Å². The fraction of sp³-hybridized carbons (Fsp3) is 0.412. The summed E-state index contributed by atoms with van der Waals surface area (Å²) in [6.07, 6.45) is 3.05. The van der Waals surface area contributed by atoms with Gasteiger partial charge in [0.15, 0.2) is 5.82 Å². The number of benzene rings is 1. The molecule has 0 saturated carbocycles. The number of nitrogens with one attached hydrogen (secondary N) is 1. The third kappa shape index (κ3) is 2.64. The van der Waals surface area contributed by atoms with Crippen molar-refractivity contribution in [1.29, 1.82) is 0 Å². The third-order valence-corrected chi connectivity index (χ3v) is 4.59.